The highest BCUT2D eigenvalue weighted by molar-refractivity contribution is 8.26. The van der Waals surface area contributed by atoms with Gasteiger partial charge in [0.25, 0.3) is 5.91 Å². The van der Waals surface area contributed by atoms with Gasteiger partial charge in [0.1, 0.15) is 10.1 Å². The van der Waals surface area contributed by atoms with Crippen LogP contribution in [-0.2, 0) is 9.59 Å². The smallest absolute Gasteiger partial charge is 0.266 e. The molecule has 0 aliphatic carbocycles. The molecular weight excluding hydrogens is 301 g/mol. The van der Waals surface area contributed by atoms with Gasteiger partial charge in [-0.1, -0.05) is 36.1 Å². The molecule has 0 aromatic heterocycles. The molecule has 0 bridgehead atoms. The summed E-state index contributed by atoms with van der Waals surface area (Å²) in [5.41, 5.74) is 0.673. The maximum Gasteiger partial charge on any atom is 0.266 e. The number of halogens is 1. The fourth-order valence-electron chi connectivity index (χ4n) is 1.61. The Kier molecular flexibility index (Phi) is 4.51. The first-order valence-corrected chi connectivity index (χ1v) is 6.90. The number of hydrogen-bond donors (Lipinski definition) is 0. The number of carbonyl (C=O) groups excluding carboxylic acids is 2. The second-order valence-electron chi connectivity index (χ2n) is 4.01. The van der Waals surface area contributed by atoms with Crippen molar-refractivity contribution in [3.05, 3.63) is 40.6 Å². The van der Waals surface area contributed by atoms with Crippen LogP contribution in [0.15, 0.2) is 29.2 Å². The lowest BCUT2D eigenvalue weighted by Crippen LogP contribution is -2.33. The zero-order valence-electron chi connectivity index (χ0n) is 10.2. The minimum absolute atomic E-state index is 0.00619. The second-order valence-corrected chi connectivity index (χ2v) is 5.68. The summed E-state index contributed by atoms with van der Waals surface area (Å²) < 4.78 is 13.1. The van der Waals surface area contributed by atoms with Gasteiger partial charge >= 0.3 is 0 Å². The minimum atomic E-state index is -1.23. The summed E-state index contributed by atoms with van der Waals surface area (Å²) >= 11 is 6.13. The van der Waals surface area contributed by atoms with E-state index in [-0.39, 0.29) is 24.7 Å². The molecule has 1 fully saturated rings. The summed E-state index contributed by atoms with van der Waals surface area (Å²) in [7, 11) is 0. The molecule has 7 heteroatoms. The number of carbonyl (C=O) groups is 2. The van der Waals surface area contributed by atoms with Crippen molar-refractivity contribution in [1.82, 2.24) is 4.90 Å². The molecule has 4 nitrogen and oxygen atoms in total. The molecule has 1 aromatic rings. The maximum atomic E-state index is 12.8. The average Bonchev–Trinajstić information content (AvgIpc) is 2.65. The van der Waals surface area contributed by atoms with Crippen molar-refractivity contribution >= 4 is 46.3 Å². The van der Waals surface area contributed by atoms with E-state index in [2.05, 4.69) is 0 Å². The zero-order valence-corrected chi connectivity index (χ0v) is 11.8. The SMILES string of the molecule is O=C([O-])CCN1C(=O)/C(=C/c2ccc(F)cc2)SC1=S. The summed E-state index contributed by atoms with van der Waals surface area (Å²) in [6.07, 6.45) is 1.33. The summed E-state index contributed by atoms with van der Waals surface area (Å²) in [6, 6.07) is 5.68. The maximum absolute atomic E-state index is 12.8. The van der Waals surface area contributed by atoms with Crippen molar-refractivity contribution in [2.45, 2.75) is 6.42 Å². The van der Waals surface area contributed by atoms with Crippen LogP contribution in [0.1, 0.15) is 12.0 Å². The summed E-state index contributed by atoms with van der Waals surface area (Å²) in [6.45, 7) is -0.00619. The lowest BCUT2D eigenvalue weighted by molar-refractivity contribution is -0.305. The first-order valence-electron chi connectivity index (χ1n) is 5.68. The molecule has 0 spiro atoms. The van der Waals surface area contributed by atoms with Crippen molar-refractivity contribution in [1.29, 1.82) is 0 Å². The highest BCUT2D eigenvalue weighted by Crippen LogP contribution is 2.32. The molecule has 0 radical (unpaired) electrons. The van der Waals surface area contributed by atoms with Crippen molar-refractivity contribution in [3.8, 4) is 0 Å². The normalized spacial score (nSPS) is 17.1. The molecule has 0 saturated carbocycles. The van der Waals surface area contributed by atoms with Gasteiger partial charge in [0.2, 0.25) is 0 Å². The molecule has 1 amide bonds. The molecule has 104 valence electrons. The van der Waals surface area contributed by atoms with E-state index in [0.717, 1.165) is 11.8 Å². The van der Waals surface area contributed by atoms with Crippen molar-refractivity contribution in [3.63, 3.8) is 0 Å². The van der Waals surface area contributed by atoms with Gasteiger partial charge in [-0.2, -0.15) is 0 Å². The van der Waals surface area contributed by atoms with Crippen LogP contribution >= 0.6 is 24.0 Å². The quantitative estimate of drug-likeness (QED) is 0.617. The summed E-state index contributed by atoms with van der Waals surface area (Å²) in [4.78, 5) is 24.1. The first-order chi connectivity index (χ1) is 9.47. The van der Waals surface area contributed by atoms with Gasteiger partial charge in [0.15, 0.2) is 0 Å². The number of hydrogen-bond acceptors (Lipinski definition) is 5. The highest BCUT2D eigenvalue weighted by Gasteiger charge is 2.31. The average molecular weight is 310 g/mol. The van der Waals surface area contributed by atoms with Gasteiger partial charge in [-0.25, -0.2) is 4.39 Å². The van der Waals surface area contributed by atoms with Crippen molar-refractivity contribution in [2.24, 2.45) is 0 Å². The molecule has 1 aliphatic heterocycles. The highest BCUT2D eigenvalue weighted by atomic mass is 32.2. The van der Waals surface area contributed by atoms with E-state index in [1.165, 1.54) is 17.0 Å². The summed E-state index contributed by atoms with van der Waals surface area (Å²) in [5.74, 6) is -1.93. The molecule has 1 aliphatic rings. The third-order valence-corrected chi connectivity index (χ3v) is 3.96. The third-order valence-electron chi connectivity index (χ3n) is 2.58. The first kappa shape index (κ1) is 14.7. The predicted octanol–water partition coefficient (Wildman–Crippen LogP) is 1.17. The molecular formula is C13H9FNO3S2-. The van der Waals surface area contributed by atoms with Crippen LogP contribution in [0.3, 0.4) is 0 Å². The Morgan fingerprint density at radius 3 is 2.65 bits per heavy atom. The molecule has 1 heterocycles. The third kappa shape index (κ3) is 3.43. The van der Waals surface area contributed by atoms with Gasteiger partial charge in [0.05, 0.1) is 4.91 Å². The number of amides is 1. The molecule has 0 atom stereocenters. The van der Waals surface area contributed by atoms with Gasteiger partial charge in [0, 0.05) is 18.9 Å². The number of rotatable bonds is 4. The van der Waals surface area contributed by atoms with E-state index in [4.69, 9.17) is 12.2 Å². The van der Waals surface area contributed by atoms with Crippen LogP contribution in [0.2, 0.25) is 0 Å². The Morgan fingerprint density at radius 2 is 2.05 bits per heavy atom. The van der Waals surface area contributed by atoms with Gasteiger partial charge < -0.3 is 9.90 Å². The fourth-order valence-corrected chi connectivity index (χ4v) is 2.91. The van der Waals surface area contributed by atoms with Crippen LogP contribution in [0, 0.1) is 5.82 Å². The Labute approximate surface area is 124 Å². The summed E-state index contributed by atoms with van der Waals surface area (Å²) in [5, 5.41) is 10.4. The van der Waals surface area contributed by atoms with Crippen molar-refractivity contribution < 1.29 is 19.1 Å². The molecule has 2 rings (SSSR count). The van der Waals surface area contributed by atoms with E-state index in [9.17, 15) is 19.1 Å². The molecule has 1 aromatic carbocycles. The number of thioether (sulfide) groups is 1. The second kappa shape index (κ2) is 6.15. The topological polar surface area (TPSA) is 60.4 Å². The minimum Gasteiger partial charge on any atom is -0.550 e. The number of aliphatic carboxylic acids is 1. The Morgan fingerprint density at radius 1 is 1.40 bits per heavy atom. The van der Waals surface area contributed by atoms with E-state index < -0.39 is 5.97 Å². The Balaban J connectivity index is 2.14. The van der Waals surface area contributed by atoms with Gasteiger partial charge in [-0.3, -0.25) is 9.69 Å². The largest absolute Gasteiger partial charge is 0.550 e. The van der Waals surface area contributed by atoms with E-state index in [0.29, 0.717) is 14.8 Å². The van der Waals surface area contributed by atoms with Crippen LogP contribution in [0.4, 0.5) is 4.39 Å². The zero-order chi connectivity index (χ0) is 14.7. The Bertz CT molecular complexity index is 598. The number of nitrogens with zero attached hydrogens (tertiary/aromatic N) is 1. The van der Waals surface area contributed by atoms with E-state index in [1.54, 1.807) is 18.2 Å². The molecule has 0 N–H and O–H groups in total. The van der Waals surface area contributed by atoms with Crippen LogP contribution < -0.4 is 5.11 Å². The lowest BCUT2D eigenvalue weighted by atomic mass is 10.2. The number of thiocarbonyl (C=S) groups is 1. The van der Waals surface area contributed by atoms with Crippen LogP contribution in [-0.4, -0.2) is 27.6 Å². The molecule has 0 unspecified atom stereocenters. The number of carboxylic acids is 1. The Hall–Kier alpha value is -1.73. The van der Waals surface area contributed by atoms with Gasteiger partial charge in [-0.15, -0.1) is 0 Å². The molecule has 1 saturated heterocycles. The van der Waals surface area contributed by atoms with Gasteiger partial charge in [-0.05, 0) is 23.8 Å². The number of carboxylic acid groups (broad SMARTS) is 1. The lowest BCUT2D eigenvalue weighted by Gasteiger charge is -2.14. The van der Waals surface area contributed by atoms with E-state index in [1.807, 2.05) is 0 Å². The van der Waals surface area contributed by atoms with Crippen molar-refractivity contribution in [2.75, 3.05) is 6.54 Å². The predicted molar refractivity (Wildman–Crippen MR) is 75.9 cm³/mol. The fraction of sp³-hybridized carbons (Fsp3) is 0.154. The van der Waals surface area contributed by atoms with Crippen LogP contribution in [0.25, 0.3) is 6.08 Å². The molecule has 20 heavy (non-hydrogen) atoms. The number of benzene rings is 1. The van der Waals surface area contributed by atoms with Crippen LogP contribution in [0.5, 0.6) is 0 Å². The van der Waals surface area contributed by atoms with E-state index >= 15 is 0 Å². The standard InChI is InChI=1S/C13H10FNO3S2/c14-9-3-1-8(2-4-9)7-10-12(18)15(13(19)20-10)6-5-11(16)17/h1-4,7H,5-6H2,(H,16,17)/p-1/b10-7-. The monoisotopic (exact) mass is 310 g/mol.